The maximum Gasteiger partial charge on any atom is 0.225 e. The lowest BCUT2D eigenvalue weighted by Gasteiger charge is -2.07. The van der Waals surface area contributed by atoms with E-state index in [1.165, 1.54) is 7.11 Å². The first kappa shape index (κ1) is 9.32. The van der Waals surface area contributed by atoms with Gasteiger partial charge in [0.05, 0.1) is 7.11 Å². The SMILES string of the molecule is COc1cc(Nn2cccc2)nc(N)n1. The summed E-state index contributed by atoms with van der Waals surface area (Å²) in [6.07, 6.45) is 3.70. The zero-order valence-electron chi connectivity index (χ0n) is 8.21. The fourth-order valence-electron chi connectivity index (χ4n) is 1.15. The second-order valence-corrected chi connectivity index (χ2v) is 2.86. The molecule has 0 aromatic carbocycles. The third-order valence-corrected chi connectivity index (χ3v) is 1.78. The molecular weight excluding hydrogens is 194 g/mol. The molecule has 0 aliphatic heterocycles. The molecule has 0 radical (unpaired) electrons. The summed E-state index contributed by atoms with van der Waals surface area (Å²) < 4.78 is 6.73. The smallest absolute Gasteiger partial charge is 0.225 e. The van der Waals surface area contributed by atoms with E-state index in [-0.39, 0.29) is 5.95 Å². The van der Waals surface area contributed by atoms with Crippen molar-refractivity contribution >= 4 is 11.8 Å². The average Bonchev–Trinajstić information content (AvgIpc) is 2.69. The van der Waals surface area contributed by atoms with Crippen molar-refractivity contribution < 1.29 is 4.74 Å². The van der Waals surface area contributed by atoms with Gasteiger partial charge in [-0.05, 0) is 12.1 Å². The van der Waals surface area contributed by atoms with Gasteiger partial charge < -0.3 is 10.5 Å². The molecule has 2 aromatic rings. The number of rotatable bonds is 3. The van der Waals surface area contributed by atoms with Gasteiger partial charge in [-0.15, -0.1) is 0 Å². The molecule has 2 aromatic heterocycles. The van der Waals surface area contributed by atoms with E-state index in [0.717, 1.165) is 0 Å². The normalized spacial score (nSPS) is 9.93. The maximum atomic E-state index is 5.51. The number of hydrogen-bond acceptors (Lipinski definition) is 5. The molecule has 0 unspecified atom stereocenters. The van der Waals surface area contributed by atoms with E-state index in [4.69, 9.17) is 10.5 Å². The van der Waals surface area contributed by atoms with Gasteiger partial charge in [0.2, 0.25) is 11.8 Å². The monoisotopic (exact) mass is 205 g/mol. The number of methoxy groups -OCH3 is 1. The summed E-state index contributed by atoms with van der Waals surface area (Å²) >= 11 is 0. The van der Waals surface area contributed by atoms with Crippen LogP contribution in [0.5, 0.6) is 5.88 Å². The van der Waals surface area contributed by atoms with Crippen LogP contribution < -0.4 is 15.9 Å². The van der Waals surface area contributed by atoms with E-state index in [2.05, 4.69) is 15.4 Å². The molecule has 0 fully saturated rings. The Balaban J connectivity index is 2.24. The largest absolute Gasteiger partial charge is 0.481 e. The van der Waals surface area contributed by atoms with Crippen LogP contribution in [0.1, 0.15) is 0 Å². The lowest BCUT2D eigenvalue weighted by atomic mass is 10.5. The van der Waals surface area contributed by atoms with Gasteiger partial charge in [-0.3, -0.25) is 10.1 Å². The molecule has 0 amide bonds. The van der Waals surface area contributed by atoms with Crippen molar-refractivity contribution in [3.8, 4) is 5.88 Å². The highest BCUT2D eigenvalue weighted by Gasteiger charge is 2.01. The van der Waals surface area contributed by atoms with Gasteiger partial charge in [0.1, 0.15) is 0 Å². The molecule has 0 saturated carbocycles. The second-order valence-electron chi connectivity index (χ2n) is 2.86. The number of nitrogens with zero attached hydrogens (tertiary/aromatic N) is 3. The fourth-order valence-corrected chi connectivity index (χ4v) is 1.15. The summed E-state index contributed by atoms with van der Waals surface area (Å²) in [4.78, 5) is 7.89. The molecule has 2 heterocycles. The molecule has 15 heavy (non-hydrogen) atoms. The third kappa shape index (κ3) is 2.16. The van der Waals surface area contributed by atoms with Crippen LogP contribution in [0.3, 0.4) is 0 Å². The van der Waals surface area contributed by atoms with Crippen molar-refractivity contribution in [2.75, 3.05) is 18.3 Å². The number of nitrogen functional groups attached to an aromatic ring is 1. The van der Waals surface area contributed by atoms with Gasteiger partial charge in [0.15, 0.2) is 5.82 Å². The Bertz CT molecular complexity index is 440. The predicted molar refractivity (Wildman–Crippen MR) is 56.4 cm³/mol. The zero-order valence-corrected chi connectivity index (χ0v) is 8.21. The molecule has 3 N–H and O–H groups in total. The van der Waals surface area contributed by atoms with Crippen LogP contribution >= 0.6 is 0 Å². The Kier molecular flexibility index (Phi) is 2.40. The molecule has 2 rings (SSSR count). The van der Waals surface area contributed by atoms with Crippen molar-refractivity contribution in [2.24, 2.45) is 0 Å². The first-order valence-corrected chi connectivity index (χ1v) is 4.36. The van der Waals surface area contributed by atoms with E-state index in [9.17, 15) is 0 Å². The summed E-state index contributed by atoms with van der Waals surface area (Å²) in [6.45, 7) is 0. The van der Waals surface area contributed by atoms with Crippen LogP contribution in [-0.4, -0.2) is 21.8 Å². The molecule has 0 saturated heterocycles. The van der Waals surface area contributed by atoms with Gasteiger partial charge in [0, 0.05) is 18.5 Å². The van der Waals surface area contributed by atoms with Crippen LogP contribution in [0.25, 0.3) is 0 Å². The Morgan fingerprint density at radius 2 is 2.07 bits per heavy atom. The topological polar surface area (TPSA) is 78.0 Å². The first-order chi connectivity index (χ1) is 7.28. The number of hydrogen-bond donors (Lipinski definition) is 2. The molecule has 0 bridgehead atoms. The molecule has 0 aliphatic rings. The number of aromatic nitrogens is 3. The summed E-state index contributed by atoms with van der Waals surface area (Å²) in [6, 6.07) is 5.46. The van der Waals surface area contributed by atoms with Gasteiger partial charge in [0.25, 0.3) is 0 Å². The molecule has 6 nitrogen and oxygen atoms in total. The zero-order chi connectivity index (χ0) is 10.7. The van der Waals surface area contributed by atoms with Gasteiger partial charge in [-0.1, -0.05) is 0 Å². The molecule has 0 atom stereocenters. The minimum absolute atomic E-state index is 0.170. The fraction of sp³-hybridized carbons (Fsp3) is 0.111. The molecule has 0 spiro atoms. The number of anilines is 2. The Morgan fingerprint density at radius 3 is 2.73 bits per heavy atom. The predicted octanol–water partition coefficient (Wildman–Crippen LogP) is 0.744. The van der Waals surface area contributed by atoms with Gasteiger partial charge in [-0.25, -0.2) is 0 Å². The van der Waals surface area contributed by atoms with Gasteiger partial charge >= 0.3 is 0 Å². The van der Waals surface area contributed by atoms with Crippen molar-refractivity contribution in [2.45, 2.75) is 0 Å². The van der Waals surface area contributed by atoms with Crippen molar-refractivity contribution in [1.29, 1.82) is 0 Å². The molecule has 78 valence electrons. The van der Waals surface area contributed by atoms with Crippen molar-refractivity contribution in [1.82, 2.24) is 14.6 Å². The Labute approximate surface area is 86.7 Å². The van der Waals surface area contributed by atoms with Crippen LogP contribution in [0.2, 0.25) is 0 Å². The highest BCUT2D eigenvalue weighted by atomic mass is 16.5. The standard InChI is InChI=1S/C9H11N5O/c1-15-8-6-7(11-9(10)12-8)13-14-4-2-3-5-14/h2-6H,1H3,(H3,10,11,12,13). The molecule has 6 heteroatoms. The van der Waals surface area contributed by atoms with Crippen LogP contribution in [0, 0.1) is 0 Å². The summed E-state index contributed by atoms with van der Waals surface area (Å²) in [5.74, 6) is 1.18. The Morgan fingerprint density at radius 1 is 1.33 bits per heavy atom. The van der Waals surface area contributed by atoms with Gasteiger partial charge in [-0.2, -0.15) is 9.97 Å². The van der Waals surface area contributed by atoms with E-state index < -0.39 is 0 Å². The van der Waals surface area contributed by atoms with E-state index >= 15 is 0 Å². The van der Waals surface area contributed by atoms with E-state index in [1.807, 2.05) is 24.5 Å². The average molecular weight is 205 g/mol. The van der Waals surface area contributed by atoms with Crippen LogP contribution in [0.15, 0.2) is 30.6 Å². The molecule has 0 aliphatic carbocycles. The highest BCUT2D eigenvalue weighted by Crippen LogP contribution is 2.13. The van der Waals surface area contributed by atoms with Crippen LogP contribution in [-0.2, 0) is 0 Å². The Hall–Kier alpha value is -2.24. The molecular formula is C9H11N5O. The van der Waals surface area contributed by atoms with E-state index in [1.54, 1.807) is 10.7 Å². The van der Waals surface area contributed by atoms with Crippen LogP contribution in [0.4, 0.5) is 11.8 Å². The van der Waals surface area contributed by atoms with E-state index in [0.29, 0.717) is 11.7 Å². The lowest BCUT2D eigenvalue weighted by molar-refractivity contribution is 0.398. The highest BCUT2D eigenvalue weighted by molar-refractivity contribution is 5.42. The minimum atomic E-state index is 0.170. The summed E-state index contributed by atoms with van der Waals surface area (Å²) in [5.41, 5.74) is 8.52. The summed E-state index contributed by atoms with van der Waals surface area (Å²) in [7, 11) is 1.53. The minimum Gasteiger partial charge on any atom is -0.481 e. The van der Waals surface area contributed by atoms with Crippen molar-refractivity contribution in [3.05, 3.63) is 30.6 Å². The lowest BCUT2D eigenvalue weighted by Crippen LogP contribution is -2.09. The summed E-state index contributed by atoms with van der Waals surface area (Å²) in [5, 5.41) is 0. The third-order valence-electron chi connectivity index (χ3n) is 1.78. The number of nitrogens with two attached hydrogens (primary N) is 1. The second kappa shape index (κ2) is 3.87. The number of nitrogens with one attached hydrogen (secondary N) is 1. The maximum absolute atomic E-state index is 5.51. The van der Waals surface area contributed by atoms with Crippen molar-refractivity contribution in [3.63, 3.8) is 0 Å². The first-order valence-electron chi connectivity index (χ1n) is 4.36. The quantitative estimate of drug-likeness (QED) is 0.772. The number of ether oxygens (including phenoxy) is 1.